The van der Waals surface area contributed by atoms with Crippen molar-refractivity contribution in [3.63, 3.8) is 0 Å². The Kier molecular flexibility index (Phi) is 18.1. The van der Waals surface area contributed by atoms with E-state index >= 15 is 0 Å². The SMILES string of the molecule is CC(C)C(NC(=O)CCC(=O)[C@H](CC(N)=O)NC(=O)[C@H](CCCCN)CC(=O)[C@H](Cc1ccccc1)NC(=O)CCc1ccccc1)C(N)=O. The monoisotopic (exact) mass is 692 g/mol. The fourth-order valence-corrected chi connectivity index (χ4v) is 5.47. The molecule has 5 amide bonds. The van der Waals surface area contributed by atoms with Gasteiger partial charge in [0.2, 0.25) is 29.5 Å². The van der Waals surface area contributed by atoms with Gasteiger partial charge in [0.05, 0.1) is 18.5 Å². The second-order valence-electron chi connectivity index (χ2n) is 12.8. The molecule has 0 radical (unpaired) electrons. The second kappa shape index (κ2) is 21.9. The van der Waals surface area contributed by atoms with Gasteiger partial charge in [-0.3, -0.25) is 33.6 Å². The maximum absolute atomic E-state index is 13.8. The van der Waals surface area contributed by atoms with E-state index in [1.165, 1.54) is 0 Å². The summed E-state index contributed by atoms with van der Waals surface area (Å²) in [4.78, 5) is 89.6. The summed E-state index contributed by atoms with van der Waals surface area (Å²) < 4.78 is 0. The number of primary amides is 2. The number of nitrogens with one attached hydrogen (secondary N) is 3. The molecule has 0 bridgehead atoms. The Morgan fingerprint density at radius 1 is 0.660 bits per heavy atom. The number of rotatable bonds is 24. The average Bonchev–Trinajstić information content (AvgIpc) is 3.08. The highest BCUT2D eigenvalue weighted by atomic mass is 16.2. The smallest absolute Gasteiger partial charge is 0.240 e. The minimum Gasteiger partial charge on any atom is -0.370 e. The number of amides is 5. The third-order valence-electron chi connectivity index (χ3n) is 8.31. The lowest BCUT2D eigenvalue weighted by Crippen LogP contribution is -2.49. The summed E-state index contributed by atoms with van der Waals surface area (Å²) >= 11 is 0. The minimum atomic E-state index is -1.34. The highest BCUT2D eigenvalue weighted by molar-refractivity contribution is 5.97. The number of aryl methyl sites for hydroxylation is 1. The van der Waals surface area contributed by atoms with E-state index in [0.717, 1.165) is 11.1 Å². The van der Waals surface area contributed by atoms with Crippen LogP contribution in [0.25, 0.3) is 0 Å². The van der Waals surface area contributed by atoms with Crippen LogP contribution in [0.5, 0.6) is 0 Å². The number of carbonyl (C=O) groups excluding carboxylic acids is 7. The van der Waals surface area contributed by atoms with Crippen molar-refractivity contribution in [2.75, 3.05) is 6.54 Å². The molecule has 0 heterocycles. The van der Waals surface area contributed by atoms with Crippen molar-refractivity contribution in [2.45, 2.75) is 96.2 Å². The summed E-state index contributed by atoms with van der Waals surface area (Å²) in [5.74, 6) is -5.26. The first-order valence-corrected chi connectivity index (χ1v) is 17.1. The molecule has 4 atom stereocenters. The number of unbranched alkanes of at least 4 members (excludes halogenated alkanes) is 1. The van der Waals surface area contributed by atoms with Crippen molar-refractivity contribution in [2.24, 2.45) is 29.0 Å². The van der Waals surface area contributed by atoms with Crippen molar-refractivity contribution in [1.82, 2.24) is 16.0 Å². The van der Waals surface area contributed by atoms with Gasteiger partial charge < -0.3 is 33.2 Å². The molecule has 0 aliphatic heterocycles. The topological polar surface area (TPSA) is 234 Å². The lowest BCUT2D eigenvalue weighted by Gasteiger charge is -2.24. The summed E-state index contributed by atoms with van der Waals surface area (Å²) in [7, 11) is 0. The molecule has 2 rings (SSSR count). The van der Waals surface area contributed by atoms with E-state index in [1.54, 1.807) is 13.8 Å². The summed E-state index contributed by atoms with van der Waals surface area (Å²) in [6.45, 7) is 3.78. The van der Waals surface area contributed by atoms with Crippen LogP contribution in [-0.2, 0) is 46.4 Å². The Morgan fingerprint density at radius 2 is 1.26 bits per heavy atom. The maximum Gasteiger partial charge on any atom is 0.240 e. The summed E-state index contributed by atoms with van der Waals surface area (Å²) in [6, 6.07) is 15.5. The molecule has 0 saturated carbocycles. The summed E-state index contributed by atoms with van der Waals surface area (Å²) in [5.41, 5.74) is 18.2. The number of benzene rings is 2. The first-order valence-electron chi connectivity index (χ1n) is 17.1. The molecule has 1 unspecified atom stereocenters. The van der Waals surface area contributed by atoms with Gasteiger partial charge in [0.1, 0.15) is 6.04 Å². The standard InChI is InChI=1S/C37H52N6O7/c1-24(2)35(36(40)49)43-34(48)19-17-30(44)29(23-32(39)46)42-37(50)27(15-9-10-20-38)22-31(45)28(21-26-13-7-4-8-14-26)41-33(47)18-16-25-11-5-3-6-12-25/h3-8,11-14,24,27-29,35H,9-10,15-23,38H2,1-2H3,(H2,39,46)(H2,40,49)(H,41,47)(H,42,50)(H,43,48)/t27-,28+,29+,35?/m1/s1. The van der Waals surface area contributed by atoms with E-state index in [1.807, 2.05) is 60.7 Å². The molecular formula is C37H52N6O7. The van der Waals surface area contributed by atoms with Crippen molar-refractivity contribution in [3.05, 3.63) is 71.8 Å². The quantitative estimate of drug-likeness (QED) is 0.0878. The van der Waals surface area contributed by atoms with Crippen LogP contribution in [0.2, 0.25) is 0 Å². The van der Waals surface area contributed by atoms with Crippen molar-refractivity contribution < 1.29 is 33.6 Å². The summed E-state index contributed by atoms with van der Waals surface area (Å²) in [5, 5.41) is 7.94. The van der Waals surface area contributed by atoms with Gasteiger partial charge in [-0.15, -0.1) is 0 Å². The number of ketones is 2. The van der Waals surface area contributed by atoms with Crippen LogP contribution < -0.4 is 33.2 Å². The Balaban J connectivity index is 2.18. The first-order chi connectivity index (χ1) is 23.8. The van der Waals surface area contributed by atoms with Gasteiger partial charge in [-0.05, 0) is 49.3 Å². The number of nitrogens with two attached hydrogens (primary N) is 3. The number of Topliss-reactive ketones (excluding diaryl/α,β-unsaturated/α-hetero) is 2. The van der Waals surface area contributed by atoms with Crippen molar-refractivity contribution in [3.8, 4) is 0 Å². The van der Waals surface area contributed by atoms with E-state index in [9.17, 15) is 33.6 Å². The Morgan fingerprint density at radius 3 is 1.82 bits per heavy atom. The highest BCUT2D eigenvalue weighted by Gasteiger charge is 2.31. The van der Waals surface area contributed by atoms with Gasteiger partial charge in [-0.2, -0.15) is 0 Å². The predicted octanol–water partition coefficient (Wildman–Crippen LogP) is 1.39. The van der Waals surface area contributed by atoms with Crippen LogP contribution in [0.4, 0.5) is 0 Å². The molecule has 0 aliphatic carbocycles. The van der Waals surface area contributed by atoms with E-state index < -0.39 is 59.9 Å². The minimum absolute atomic E-state index is 0.165. The van der Waals surface area contributed by atoms with Gasteiger partial charge >= 0.3 is 0 Å². The fraction of sp³-hybridized carbons (Fsp3) is 0.486. The van der Waals surface area contributed by atoms with E-state index in [0.29, 0.717) is 25.8 Å². The molecule has 0 aliphatic rings. The van der Waals surface area contributed by atoms with E-state index in [4.69, 9.17) is 17.2 Å². The molecule has 0 saturated heterocycles. The van der Waals surface area contributed by atoms with Gasteiger partial charge in [-0.25, -0.2) is 0 Å². The molecule has 2 aromatic rings. The number of carbonyl (C=O) groups is 7. The van der Waals surface area contributed by atoms with Crippen molar-refractivity contribution >= 4 is 41.1 Å². The zero-order valence-electron chi connectivity index (χ0n) is 29.0. The zero-order valence-corrected chi connectivity index (χ0v) is 29.0. The third-order valence-corrected chi connectivity index (χ3v) is 8.31. The predicted molar refractivity (Wildman–Crippen MR) is 189 cm³/mol. The van der Waals surface area contributed by atoms with Crippen LogP contribution in [-0.4, -0.2) is 65.8 Å². The Labute approximate surface area is 293 Å². The van der Waals surface area contributed by atoms with Crippen molar-refractivity contribution in [1.29, 1.82) is 0 Å². The molecule has 2 aromatic carbocycles. The van der Waals surface area contributed by atoms with Crippen LogP contribution in [0, 0.1) is 11.8 Å². The summed E-state index contributed by atoms with van der Waals surface area (Å²) in [6.07, 6.45) is 0.814. The number of hydrogen-bond acceptors (Lipinski definition) is 8. The highest BCUT2D eigenvalue weighted by Crippen LogP contribution is 2.18. The van der Waals surface area contributed by atoms with Crippen LogP contribution >= 0.6 is 0 Å². The molecule has 0 spiro atoms. The molecule has 9 N–H and O–H groups in total. The molecular weight excluding hydrogens is 640 g/mol. The molecule has 13 nitrogen and oxygen atoms in total. The third kappa shape index (κ3) is 15.5. The lowest BCUT2D eigenvalue weighted by molar-refractivity contribution is -0.135. The molecule has 50 heavy (non-hydrogen) atoms. The normalized spacial score (nSPS) is 13.4. The first kappa shape index (κ1) is 41.3. The zero-order chi connectivity index (χ0) is 37.1. The van der Waals surface area contributed by atoms with Gasteiger partial charge in [0.15, 0.2) is 11.6 Å². The lowest BCUT2D eigenvalue weighted by atomic mass is 9.90. The van der Waals surface area contributed by atoms with Gasteiger partial charge in [0, 0.05) is 31.6 Å². The van der Waals surface area contributed by atoms with Crippen LogP contribution in [0.15, 0.2) is 60.7 Å². The molecule has 0 fully saturated rings. The molecule has 13 heteroatoms. The largest absolute Gasteiger partial charge is 0.370 e. The van der Waals surface area contributed by atoms with E-state index in [-0.39, 0.29) is 56.1 Å². The fourth-order valence-electron chi connectivity index (χ4n) is 5.47. The van der Waals surface area contributed by atoms with Gasteiger partial charge in [-0.1, -0.05) is 80.9 Å². The maximum atomic E-state index is 13.8. The van der Waals surface area contributed by atoms with E-state index in [2.05, 4.69) is 16.0 Å². The Bertz CT molecular complexity index is 1430. The van der Waals surface area contributed by atoms with Crippen LogP contribution in [0.1, 0.15) is 76.3 Å². The van der Waals surface area contributed by atoms with Gasteiger partial charge in [0.25, 0.3) is 0 Å². The molecule has 272 valence electrons. The molecule has 0 aromatic heterocycles. The second-order valence-corrected chi connectivity index (χ2v) is 12.8. The average molecular weight is 693 g/mol. The number of hydrogen-bond donors (Lipinski definition) is 6. The Hall–Kier alpha value is -4.91. The van der Waals surface area contributed by atoms with Crippen LogP contribution in [0.3, 0.4) is 0 Å².